The van der Waals surface area contributed by atoms with Crippen LogP contribution in [0.3, 0.4) is 0 Å². The van der Waals surface area contributed by atoms with Crippen molar-refractivity contribution >= 4 is 17.6 Å². The average Bonchev–Trinajstić information content (AvgIpc) is 2.73. The Morgan fingerprint density at radius 2 is 1.87 bits per heavy atom. The van der Waals surface area contributed by atoms with Gasteiger partial charge < -0.3 is 20.7 Å². The molecule has 3 N–H and O–H groups in total. The number of rotatable bonds is 8. The van der Waals surface area contributed by atoms with Gasteiger partial charge in [0.25, 0.3) is 0 Å². The quantitative estimate of drug-likeness (QED) is 0.346. The third-order valence-electron chi connectivity index (χ3n) is 4.08. The minimum Gasteiger partial charge on any atom is -0.493 e. The van der Waals surface area contributed by atoms with Crippen LogP contribution in [0, 0.1) is 24.4 Å². The standard InChI is InChI=1S/C21H25F3N4O2/c1-4-9-30-17-10-13(2)5-6-14(17)11-26-21(25-3)27-12-18(29)28-16-8-7-15(22)19(23)20(16)24/h5-8,10H,4,9,11-12H2,1-3H3,(H,28,29)(H2,25,26,27). The van der Waals surface area contributed by atoms with Gasteiger partial charge in [-0.05, 0) is 37.1 Å². The number of nitrogens with one attached hydrogen (secondary N) is 3. The molecule has 6 nitrogen and oxygen atoms in total. The number of carbonyl (C=O) groups excluding carboxylic acids is 1. The molecule has 0 spiro atoms. The van der Waals surface area contributed by atoms with Gasteiger partial charge in [-0.2, -0.15) is 0 Å². The summed E-state index contributed by atoms with van der Waals surface area (Å²) in [5, 5.41) is 8.02. The number of aryl methyl sites for hydroxylation is 1. The van der Waals surface area contributed by atoms with Gasteiger partial charge in [-0.1, -0.05) is 19.1 Å². The van der Waals surface area contributed by atoms with Crippen molar-refractivity contribution in [3.63, 3.8) is 0 Å². The number of aliphatic imine (C=N–C) groups is 1. The first kappa shape index (κ1) is 23.1. The van der Waals surface area contributed by atoms with E-state index in [1.54, 1.807) is 0 Å². The molecule has 0 aliphatic carbocycles. The normalized spacial score (nSPS) is 11.2. The number of hydrogen-bond donors (Lipinski definition) is 3. The van der Waals surface area contributed by atoms with Crippen LogP contribution in [0.15, 0.2) is 35.3 Å². The van der Waals surface area contributed by atoms with E-state index in [1.807, 2.05) is 32.0 Å². The van der Waals surface area contributed by atoms with Gasteiger partial charge in [-0.15, -0.1) is 0 Å². The third-order valence-corrected chi connectivity index (χ3v) is 4.08. The summed E-state index contributed by atoms with van der Waals surface area (Å²) in [6.45, 7) is 4.75. The van der Waals surface area contributed by atoms with Crippen molar-refractivity contribution < 1.29 is 22.7 Å². The maximum Gasteiger partial charge on any atom is 0.243 e. The molecule has 9 heteroatoms. The van der Waals surface area contributed by atoms with Crippen LogP contribution in [0.2, 0.25) is 0 Å². The highest BCUT2D eigenvalue weighted by Gasteiger charge is 2.15. The Hall–Kier alpha value is -3.23. The van der Waals surface area contributed by atoms with Crippen molar-refractivity contribution in [3.05, 3.63) is 58.9 Å². The van der Waals surface area contributed by atoms with E-state index in [0.717, 1.165) is 35.4 Å². The molecule has 0 heterocycles. The zero-order chi connectivity index (χ0) is 22.1. The Morgan fingerprint density at radius 1 is 1.10 bits per heavy atom. The molecule has 1 amide bonds. The molecule has 0 fully saturated rings. The van der Waals surface area contributed by atoms with Crippen LogP contribution >= 0.6 is 0 Å². The first-order valence-electron chi connectivity index (χ1n) is 9.45. The van der Waals surface area contributed by atoms with Crippen molar-refractivity contribution in [2.24, 2.45) is 4.99 Å². The Balaban J connectivity index is 1.91. The number of guanidine groups is 1. The lowest BCUT2D eigenvalue weighted by atomic mass is 10.1. The van der Waals surface area contributed by atoms with Gasteiger partial charge in [0.05, 0.1) is 18.8 Å². The van der Waals surface area contributed by atoms with E-state index in [-0.39, 0.29) is 6.54 Å². The average molecular weight is 422 g/mol. The van der Waals surface area contributed by atoms with E-state index < -0.39 is 29.0 Å². The maximum absolute atomic E-state index is 13.7. The van der Waals surface area contributed by atoms with Gasteiger partial charge in [0, 0.05) is 19.2 Å². The minimum absolute atomic E-state index is 0.259. The molecule has 2 aromatic rings. The number of halogens is 3. The molecular weight excluding hydrogens is 397 g/mol. The fourth-order valence-electron chi connectivity index (χ4n) is 2.53. The van der Waals surface area contributed by atoms with Gasteiger partial charge >= 0.3 is 0 Å². The van der Waals surface area contributed by atoms with Crippen LogP contribution in [0.1, 0.15) is 24.5 Å². The molecule has 0 aliphatic heterocycles. The number of hydrogen-bond acceptors (Lipinski definition) is 3. The van der Waals surface area contributed by atoms with Crippen LogP contribution in [0.4, 0.5) is 18.9 Å². The SMILES string of the molecule is CCCOc1cc(C)ccc1CNC(=NC)NCC(=O)Nc1ccc(F)c(F)c1F. The molecule has 0 radical (unpaired) electrons. The van der Waals surface area contributed by atoms with Crippen molar-refractivity contribution in [1.82, 2.24) is 10.6 Å². The fraction of sp³-hybridized carbons (Fsp3) is 0.333. The molecule has 0 saturated carbocycles. The highest BCUT2D eigenvalue weighted by molar-refractivity contribution is 5.95. The first-order chi connectivity index (χ1) is 14.3. The van der Waals surface area contributed by atoms with Crippen LogP contribution < -0.4 is 20.7 Å². The first-order valence-corrected chi connectivity index (χ1v) is 9.45. The molecule has 2 rings (SSSR count). The lowest BCUT2D eigenvalue weighted by Crippen LogP contribution is -2.41. The summed E-state index contributed by atoms with van der Waals surface area (Å²) in [7, 11) is 1.53. The van der Waals surface area contributed by atoms with Gasteiger partial charge in [0.15, 0.2) is 23.4 Å². The summed E-state index contributed by atoms with van der Waals surface area (Å²) in [6.07, 6.45) is 0.887. The summed E-state index contributed by atoms with van der Waals surface area (Å²) in [6, 6.07) is 7.55. The zero-order valence-corrected chi connectivity index (χ0v) is 17.1. The maximum atomic E-state index is 13.7. The van der Waals surface area contributed by atoms with Crippen molar-refractivity contribution in [2.45, 2.75) is 26.8 Å². The zero-order valence-electron chi connectivity index (χ0n) is 17.1. The van der Waals surface area contributed by atoms with E-state index >= 15 is 0 Å². The molecule has 2 aromatic carbocycles. The Labute approximate surface area is 173 Å². The third kappa shape index (κ3) is 6.40. The second-order valence-electron chi connectivity index (χ2n) is 6.51. The number of anilines is 1. The number of nitrogens with zero attached hydrogens (tertiary/aromatic N) is 1. The number of ether oxygens (including phenoxy) is 1. The van der Waals surface area contributed by atoms with Crippen LogP contribution in [-0.4, -0.2) is 32.1 Å². The van der Waals surface area contributed by atoms with Crippen LogP contribution in [0.5, 0.6) is 5.75 Å². The van der Waals surface area contributed by atoms with E-state index in [4.69, 9.17) is 4.74 Å². The molecular formula is C21H25F3N4O2. The number of amides is 1. The predicted molar refractivity (Wildman–Crippen MR) is 110 cm³/mol. The van der Waals surface area contributed by atoms with E-state index in [2.05, 4.69) is 20.9 Å². The Kier molecular flexibility index (Phi) is 8.52. The monoisotopic (exact) mass is 422 g/mol. The summed E-state index contributed by atoms with van der Waals surface area (Å²) in [4.78, 5) is 16.0. The van der Waals surface area contributed by atoms with Crippen LogP contribution in [-0.2, 0) is 11.3 Å². The highest BCUT2D eigenvalue weighted by Crippen LogP contribution is 2.21. The van der Waals surface area contributed by atoms with Gasteiger partial charge in [-0.25, -0.2) is 13.2 Å². The molecule has 0 saturated heterocycles. The molecule has 30 heavy (non-hydrogen) atoms. The molecule has 162 valence electrons. The summed E-state index contributed by atoms with van der Waals surface area (Å²) >= 11 is 0. The largest absolute Gasteiger partial charge is 0.493 e. The molecule has 0 aromatic heterocycles. The molecule has 0 aliphatic rings. The number of benzene rings is 2. The molecule has 0 atom stereocenters. The number of carbonyl (C=O) groups is 1. The summed E-state index contributed by atoms with van der Waals surface area (Å²) < 4.78 is 45.6. The smallest absolute Gasteiger partial charge is 0.243 e. The second-order valence-corrected chi connectivity index (χ2v) is 6.51. The minimum atomic E-state index is -1.64. The lowest BCUT2D eigenvalue weighted by Gasteiger charge is -2.15. The van der Waals surface area contributed by atoms with Crippen molar-refractivity contribution in [2.75, 3.05) is 25.5 Å². The second kappa shape index (κ2) is 11.1. The Bertz CT molecular complexity index is 919. The van der Waals surface area contributed by atoms with Crippen molar-refractivity contribution in [1.29, 1.82) is 0 Å². The summed E-state index contributed by atoms with van der Waals surface area (Å²) in [5.41, 5.74) is 1.56. The molecule has 0 unspecified atom stereocenters. The van der Waals surface area contributed by atoms with Crippen LogP contribution in [0.25, 0.3) is 0 Å². The molecule has 0 bridgehead atoms. The predicted octanol–water partition coefficient (Wildman–Crippen LogP) is 3.50. The van der Waals surface area contributed by atoms with E-state index in [0.29, 0.717) is 19.1 Å². The van der Waals surface area contributed by atoms with Gasteiger partial charge in [-0.3, -0.25) is 9.79 Å². The summed E-state index contributed by atoms with van der Waals surface area (Å²) in [5.74, 6) is -3.97. The van der Waals surface area contributed by atoms with Crippen molar-refractivity contribution in [3.8, 4) is 5.75 Å². The lowest BCUT2D eigenvalue weighted by molar-refractivity contribution is -0.115. The Morgan fingerprint density at radius 3 is 2.57 bits per heavy atom. The van der Waals surface area contributed by atoms with Gasteiger partial charge in [0.2, 0.25) is 5.91 Å². The highest BCUT2D eigenvalue weighted by atomic mass is 19.2. The topological polar surface area (TPSA) is 74.8 Å². The van der Waals surface area contributed by atoms with E-state index in [1.165, 1.54) is 7.05 Å². The van der Waals surface area contributed by atoms with Gasteiger partial charge in [0.1, 0.15) is 5.75 Å². The fourth-order valence-corrected chi connectivity index (χ4v) is 2.53. The van der Waals surface area contributed by atoms with E-state index in [9.17, 15) is 18.0 Å².